The first-order valence-corrected chi connectivity index (χ1v) is 12.8. The van der Waals surface area contributed by atoms with E-state index in [1.54, 1.807) is 0 Å². The van der Waals surface area contributed by atoms with Gasteiger partial charge in [0.25, 0.3) is 0 Å². The van der Waals surface area contributed by atoms with E-state index in [2.05, 4.69) is 67.7 Å². The van der Waals surface area contributed by atoms with Gasteiger partial charge in [-0.15, -0.1) is 0 Å². The Morgan fingerprint density at radius 1 is 0.971 bits per heavy atom. The van der Waals surface area contributed by atoms with Crippen LogP contribution in [0.15, 0.2) is 71.7 Å². The van der Waals surface area contributed by atoms with E-state index in [4.69, 9.17) is 9.47 Å². The Labute approximate surface area is 210 Å². The standard InChI is InChI=1S/C31H38N2O2/c1-23(16-19-34-31-25(3)20-24(2)21-30(31)32-4)22-33-17-14-27(15-18-33)26-10-12-29(13-11-26)35-28-8-6-5-7-9-28/h5-13,20-21,23,27H,4,14-19,22H2,1-3H3. The van der Waals surface area contributed by atoms with Crippen LogP contribution in [0.3, 0.4) is 0 Å². The molecule has 35 heavy (non-hydrogen) atoms. The van der Waals surface area contributed by atoms with Gasteiger partial charge in [-0.2, -0.15) is 0 Å². The second-order valence-corrected chi connectivity index (χ2v) is 9.89. The van der Waals surface area contributed by atoms with E-state index in [1.807, 2.05) is 36.4 Å². The van der Waals surface area contributed by atoms with Gasteiger partial charge in [-0.25, -0.2) is 0 Å². The summed E-state index contributed by atoms with van der Waals surface area (Å²) in [7, 11) is 0. The molecule has 1 atom stereocenters. The van der Waals surface area contributed by atoms with E-state index in [9.17, 15) is 0 Å². The summed E-state index contributed by atoms with van der Waals surface area (Å²) in [5.74, 6) is 3.86. The number of ether oxygens (including phenoxy) is 2. The smallest absolute Gasteiger partial charge is 0.147 e. The number of hydrogen-bond acceptors (Lipinski definition) is 4. The lowest BCUT2D eigenvalue weighted by Gasteiger charge is -2.33. The van der Waals surface area contributed by atoms with E-state index < -0.39 is 0 Å². The van der Waals surface area contributed by atoms with Gasteiger partial charge < -0.3 is 14.4 Å². The molecule has 0 N–H and O–H groups in total. The van der Waals surface area contributed by atoms with Crippen LogP contribution in [0.1, 0.15) is 48.8 Å². The molecule has 3 aromatic rings. The molecule has 0 aromatic heterocycles. The molecule has 4 rings (SSSR count). The zero-order valence-corrected chi connectivity index (χ0v) is 21.4. The van der Waals surface area contributed by atoms with Crippen molar-refractivity contribution in [1.29, 1.82) is 0 Å². The first-order valence-electron chi connectivity index (χ1n) is 12.8. The summed E-state index contributed by atoms with van der Waals surface area (Å²) in [6, 6.07) is 22.8. The van der Waals surface area contributed by atoms with E-state index >= 15 is 0 Å². The quantitative estimate of drug-likeness (QED) is 0.285. The molecule has 4 nitrogen and oxygen atoms in total. The number of para-hydroxylation sites is 1. The Bertz CT molecular complexity index is 1090. The van der Waals surface area contributed by atoms with Gasteiger partial charge in [-0.3, -0.25) is 4.99 Å². The lowest BCUT2D eigenvalue weighted by molar-refractivity contribution is 0.173. The van der Waals surface area contributed by atoms with Gasteiger partial charge in [0.05, 0.1) is 6.61 Å². The van der Waals surface area contributed by atoms with Crippen LogP contribution < -0.4 is 9.47 Å². The SMILES string of the molecule is C=Nc1cc(C)cc(C)c1OCCC(C)CN1CCC(c2ccc(Oc3ccccc3)cc2)CC1. The highest BCUT2D eigenvalue weighted by atomic mass is 16.5. The number of piperidine rings is 1. The van der Waals surface area contributed by atoms with Crippen molar-refractivity contribution in [2.75, 3.05) is 26.2 Å². The number of rotatable bonds is 10. The van der Waals surface area contributed by atoms with Crippen LogP contribution in [0.2, 0.25) is 0 Å². The van der Waals surface area contributed by atoms with Crippen molar-refractivity contribution in [2.24, 2.45) is 10.9 Å². The van der Waals surface area contributed by atoms with Crippen molar-refractivity contribution >= 4 is 12.4 Å². The van der Waals surface area contributed by atoms with Gasteiger partial charge >= 0.3 is 0 Å². The maximum Gasteiger partial charge on any atom is 0.147 e. The molecule has 184 valence electrons. The van der Waals surface area contributed by atoms with Crippen LogP contribution in [-0.4, -0.2) is 37.9 Å². The lowest BCUT2D eigenvalue weighted by Crippen LogP contribution is -2.36. The van der Waals surface area contributed by atoms with E-state index in [0.29, 0.717) is 18.4 Å². The van der Waals surface area contributed by atoms with Crippen LogP contribution in [0, 0.1) is 19.8 Å². The monoisotopic (exact) mass is 470 g/mol. The fourth-order valence-corrected chi connectivity index (χ4v) is 5.01. The molecule has 1 fully saturated rings. The van der Waals surface area contributed by atoms with Crippen LogP contribution >= 0.6 is 0 Å². The Morgan fingerprint density at radius 2 is 1.66 bits per heavy atom. The highest BCUT2D eigenvalue weighted by Gasteiger charge is 2.22. The maximum atomic E-state index is 6.13. The largest absolute Gasteiger partial charge is 0.491 e. The summed E-state index contributed by atoms with van der Waals surface area (Å²) < 4.78 is 12.1. The van der Waals surface area contributed by atoms with Gasteiger partial charge in [-0.1, -0.05) is 43.3 Å². The van der Waals surface area contributed by atoms with Gasteiger partial charge in [0.1, 0.15) is 22.9 Å². The Kier molecular flexibility index (Phi) is 8.59. The minimum atomic E-state index is 0.590. The van der Waals surface area contributed by atoms with E-state index in [1.165, 1.54) is 24.0 Å². The molecule has 0 radical (unpaired) electrons. The lowest BCUT2D eigenvalue weighted by atomic mass is 9.89. The summed E-state index contributed by atoms with van der Waals surface area (Å²) in [6.45, 7) is 14.3. The zero-order chi connectivity index (χ0) is 24.6. The third-order valence-corrected chi connectivity index (χ3v) is 6.91. The predicted molar refractivity (Wildman–Crippen MR) is 146 cm³/mol. The molecule has 4 heteroatoms. The van der Waals surface area contributed by atoms with Gasteiger partial charge in [-0.05, 0) is 112 Å². The number of likely N-dealkylation sites (tertiary alicyclic amines) is 1. The average molecular weight is 471 g/mol. The molecule has 0 saturated carbocycles. The Morgan fingerprint density at radius 3 is 2.34 bits per heavy atom. The van der Waals surface area contributed by atoms with Crippen molar-refractivity contribution in [3.63, 3.8) is 0 Å². The molecule has 0 spiro atoms. The number of aryl methyl sites for hydroxylation is 2. The van der Waals surface area contributed by atoms with Crippen molar-refractivity contribution in [1.82, 2.24) is 4.90 Å². The Balaban J connectivity index is 1.20. The van der Waals surface area contributed by atoms with Gasteiger partial charge in [0.15, 0.2) is 0 Å². The molecule has 1 aliphatic rings. The van der Waals surface area contributed by atoms with Crippen molar-refractivity contribution in [2.45, 2.75) is 46.0 Å². The summed E-state index contributed by atoms with van der Waals surface area (Å²) in [6.07, 6.45) is 3.45. The molecule has 0 aliphatic carbocycles. The summed E-state index contributed by atoms with van der Waals surface area (Å²) in [4.78, 5) is 6.76. The first kappa shape index (κ1) is 25.0. The molecule has 1 saturated heterocycles. The van der Waals surface area contributed by atoms with Crippen molar-refractivity contribution in [3.8, 4) is 17.2 Å². The minimum absolute atomic E-state index is 0.590. The molecule has 3 aromatic carbocycles. The van der Waals surface area contributed by atoms with Crippen LogP contribution in [-0.2, 0) is 0 Å². The average Bonchev–Trinajstić information content (AvgIpc) is 2.86. The Hall–Kier alpha value is -3.11. The normalized spacial score (nSPS) is 15.5. The second kappa shape index (κ2) is 12.0. The summed E-state index contributed by atoms with van der Waals surface area (Å²) in [5, 5.41) is 0. The number of benzene rings is 3. The maximum absolute atomic E-state index is 6.13. The zero-order valence-electron chi connectivity index (χ0n) is 21.4. The number of nitrogens with zero attached hydrogens (tertiary/aromatic N) is 2. The third kappa shape index (κ3) is 6.95. The fraction of sp³-hybridized carbons (Fsp3) is 0.387. The van der Waals surface area contributed by atoms with Crippen molar-refractivity contribution < 1.29 is 9.47 Å². The molecule has 1 unspecified atom stereocenters. The fourth-order valence-electron chi connectivity index (χ4n) is 5.01. The van der Waals surface area contributed by atoms with Gasteiger partial charge in [0.2, 0.25) is 0 Å². The van der Waals surface area contributed by atoms with Crippen LogP contribution in [0.5, 0.6) is 17.2 Å². The number of hydrogen-bond donors (Lipinski definition) is 0. The van der Waals surface area contributed by atoms with E-state index in [0.717, 1.165) is 54.6 Å². The van der Waals surface area contributed by atoms with Crippen LogP contribution in [0.4, 0.5) is 5.69 Å². The molecule has 0 bridgehead atoms. The highest BCUT2D eigenvalue weighted by Crippen LogP contribution is 2.33. The molecular weight excluding hydrogens is 432 g/mol. The van der Waals surface area contributed by atoms with Gasteiger partial charge in [0, 0.05) is 6.54 Å². The summed E-state index contributed by atoms with van der Waals surface area (Å²) >= 11 is 0. The highest BCUT2D eigenvalue weighted by molar-refractivity contribution is 5.60. The number of aliphatic imine (C=N–C) groups is 1. The van der Waals surface area contributed by atoms with Crippen molar-refractivity contribution in [3.05, 3.63) is 83.4 Å². The molecular formula is C31H38N2O2. The first-order chi connectivity index (χ1) is 17.0. The van der Waals surface area contributed by atoms with E-state index in [-0.39, 0.29) is 0 Å². The topological polar surface area (TPSA) is 34.1 Å². The summed E-state index contributed by atoms with van der Waals surface area (Å²) in [5.41, 5.74) is 4.58. The molecule has 1 aliphatic heterocycles. The second-order valence-electron chi connectivity index (χ2n) is 9.89. The molecule has 1 heterocycles. The predicted octanol–water partition coefficient (Wildman–Crippen LogP) is 7.71. The molecule has 0 amide bonds. The third-order valence-electron chi connectivity index (χ3n) is 6.91. The minimum Gasteiger partial charge on any atom is -0.491 e. The van der Waals surface area contributed by atoms with Crippen LogP contribution in [0.25, 0.3) is 0 Å².